The van der Waals surface area contributed by atoms with Crippen molar-refractivity contribution >= 4 is 28.5 Å². The molecule has 0 fully saturated rings. The van der Waals surface area contributed by atoms with Crippen molar-refractivity contribution in [1.82, 2.24) is 4.98 Å². The number of benzene rings is 2. The van der Waals surface area contributed by atoms with Crippen LogP contribution in [0.3, 0.4) is 0 Å². The number of nitrogens with zero attached hydrogens (tertiary/aromatic N) is 1. The Morgan fingerprint density at radius 2 is 2.08 bits per heavy atom. The maximum atomic E-state index is 14.0. The minimum absolute atomic E-state index is 0.123. The summed E-state index contributed by atoms with van der Waals surface area (Å²) in [5, 5.41) is 13.5. The molecule has 7 heteroatoms. The molecule has 3 rings (SSSR count). The van der Waals surface area contributed by atoms with Crippen LogP contribution in [0.5, 0.6) is 5.88 Å². The number of hydrogen-bond acceptors (Lipinski definition) is 4. The Labute approximate surface area is 143 Å². The number of methoxy groups -OCH3 is 1. The molecule has 1 heterocycles. The fourth-order valence-electron chi connectivity index (χ4n) is 2.46. The fourth-order valence-corrected chi connectivity index (χ4v) is 2.46. The number of halogens is 2. The highest BCUT2D eigenvalue weighted by Crippen LogP contribution is 2.27. The van der Waals surface area contributed by atoms with E-state index < -0.39 is 11.6 Å². The van der Waals surface area contributed by atoms with Crippen LogP contribution in [0.25, 0.3) is 10.9 Å². The lowest BCUT2D eigenvalue weighted by Crippen LogP contribution is -2.08. The molecular weight excluding hydrogens is 328 g/mol. The van der Waals surface area contributed by atoms with Gasteiger partial charge in [0.2, 0.25) is 0 Å². The van der Waals surface area contributed by atoms with Gasteiger partial charge < -0.3 is 20.1 Å². The van der Waals surface area contributed by atoms with Crippen molar-refractivity contribution in [2.45, 2.75) is 0 Å². The summed E-state index contributed by atoms with van der Waals surface area (Å²) in [5.74, 6) is -0.963. The molecule has 130 valence electrons. The third-order valence-corrected chi connectivity index (χ3v) is 3.70. The number of H-pyrrole nitrogens is 1. The van der Waals surface area contributed by atoms with Gasteiger partial charge in [0.15, 0.2) is 5.88 Å². The summed E-state index contributed by atoms with van der Waals surface area (Å²) in [7, 11) is 1.57. The first-order valence-corrected chi connectivity index (χ1v) is 7.65. The molecule has 3 N–H and O–H groups in total. The van der Waals surface area contributed by atoms with Gasteiger partial charge in [0.1, 0.15) is 11.6 Å². The quantitative estimate of drug-likeness (QED) is 0.468. The number of aliphatic imine (C=N–C) groups is 1. The molecule has 25 heavy (non-hydrogen) atoms. The van der Waals surface area contributed by atoms with E-state index in [9.17, 15) is 13.9 Å². The van der Waals surface area contributed by atoms with Crippen LogP contribution in [0.15, 0.2) is 41.4 Å². The highest BCUT2D eigenvalue weighted by molar-refractivity contribution is 6.02. The summed E-state index contributed by atoms with van der Waals surface area (Å²) in [6.07, 6.45) is 1.42. The minimum atomic E-state index is -0.434. The molecule has 0 saturated carbocycles. The number of aromatic hydroxyl groups is 1. The maximum absolute atomic E-state index is 14.0. The number of fused-ring (bicyclic) bond motifs is 1. The van der Waals surface area contributed by atoms with Crippen LogP contribution in [0.1, 0.15) is 5.56 Å². The summed E-state index contributed by atoms with van der Waals surface area (Å²) in [6, 6.07) is 8.66. The van der Waals surface area contributed by atoms with E-state index in [0.29, 0.717) is 41.0 Å². The van der Waals surface area contributed by atoms with Gasteiger partial charge in [0, 0.05) is 31.3 Å². The van der Waals surface area contributed by atoms with Crippen LogP contribution < -0.4 is 5.32 Å². The molecule has 5 nitrogen and oxygen atoms in total. The minimum Gasteiger partial charge on any atom is -0.494 e. The van der Waals surface area contributed by atoms with Crippen molar-refractivity contribution in [3.05, 3.63) is 53.6 Å². The molecule has 0 aliphatic carbocycles. The first kappa shape index (κ1) is 16.9. The van der Waals surface area contributed by atoms with E-state index in [4.69, 9.17) is 4.74 Å². The predicted molar refractivity (Wildman–Crippen MR) is 93.9 cm³/mol. The third kappa shape index (κ3) is 3.77. The zero-order chi connectivity index (χ0) is 17.8. The highest BCUT2D eigenvalue weighted by Gasteiger charge is 2.09. The van der Waals surface area contributed by atoms with Crippen molar-refractivity contribution in [2.75, 3.05) is 25.6 Å². The van der Waals surface area contributed by atoms with E-state index >= 15 is 0 Å². The molecule has 0 saturated heterocycles. The van der Waals surface area contributed by atoms with Crippen LogP contribution in [-0.4, -0.2) is 36.6 Å². The first-order valence-electron chi connectivity index (χ1n) is 7.65. The molecule has 3 aromatic rings. The molecule has 1 aromatic heterocycles. The number of rotatable bonds is 6. The molecule has 0 atom stereocenters. The van der Waals surface area contributed by atoms with Crippen LogP contribution in [0.2, 0.25) is 0 Å². The van der Waals surface area contributed by atoms with Crippen molar-refractivity contribution in [2.24, 2.45) is 4.99 Å². The smallest absolute Gasteiger partial charge is 0.198 e. The second kappa shape index (κ2) is 7.31. The number of nitrogens with one attached hydrogen (secondary N) is 2. The van der Waals surface area contributed by atoms with Crippen LogP contribution in [-0.2, 0) is 4.74 Å². The zero-order valence-corrected chi connectivity index (χ0v) is 13.5. The lowest BCUT2D eigenvalue weighted by atomic mass is 10.2. The van der Waals surface area contributed by atoms with Crippen LogP contribution in [0, 0.1) is 11.6 Å². The van der Waals surface area contributed by atoms with E-state index in [-0.39, 0.29) is 5.88 Å². The normalized spacial score (nSPS) is 11.5. The van der Waals surface area contributed by atoms with E-state index in [1.54, 1.807) is 25.3 Å². The molecule has 0 aliphatic heterocycles. The van der Waals surface area contributed by atoms with Gasteiger partial charge >= 0.3 is 0 Å². The standard InChI is InChI=1S/C18H17F2N3O2/c1-25-7-6-21-16-5-3-12(9-15(16)20)22-10-14-13-4-2-11(19)8-17(13)23-18(14)24/h2-5,8-10,21,23-24H,6-7H2,1H3. The lowest BCUT2D eigenvalue weighted by Gasteiger charge is -2.07. The van der Waals surface area contributed by atoms with Gasteiger partial charge in [-0.15, -0.1) is 0 Å². The number of aromatic nitrogens is 1. The Bertz CT molecular complexity index is 922. The predicted octanol–water partition coefficient (Wildman–Crippen LogP) is 3.96. The Kier molecular flexibility index (Phi) is 4.95. The average molecular weight is 345 g/mol. The second-order valence-electron chi connectivity index (χ2n) is 5.42. The molecular formula is C18H17F2N3O2. The van der Waals surface area contributed by atoms with Crippen LogP contribution >= 0.6 is 0 Å². The van der Waals surface area contributed by atoms with Gasteiger partial charge in [0.05, 0.1) is 29.1 Å². The van der Waals surface area contributed by atoms with E-state index in [1.807, 2.05) is 0 Å². The van der Waals surface area contributed by atoms with E-state index in [0.717, 1.165) is 0 Å². The zero-order valence-electron chi connectivity index (χ0n) is 13.5. The SMILES string of the molecule is COCCNc1ccc(N=Cc2c(O)[nH]c3cc(F)ccc23)cc1F. The number of anilines is 1. The largest absolute Gasteiger partial charge is 0.494 e. The molecule has 0 radical (unpaired) electrons. The maximum Gasteiger partial charge on any atom is 0.198 e. The summed E-state index contributed by atoms with van der Waals surface area (Å²) >= 11 is 0. The molecule has 2 aromatic carbocycles. The van der Waals surface area contributed by atoms with Gasteiger partial charge in [-0.3, -0.25) is 4.99 Å². The van der Waals surface area contributed by atoms with Crippen LogP contribution in [0.4, 0.5) is 20.2 Å². The number of ether oxygens (including phenoxy) is 1. The molecule has 0 bridgehead atoms. The second-order valence-corrected chi connectivity index (χ2v) is 5.42. The third-order valence-electron chi connectivity index (χ3n) is 3.70. The highest BCUT2D eigenvalue weighted by atomic mass is 19.1. The molecule has 0 spiro atoms. The van der Waals surface area contributed by atoms with Crippen molar-refractivity contribution in [1.29, 1.82) is 0 Å². The monoisotopic (exact) mass is 345 g/mol. The molecule has 0 unspecified atom stereocenters. The Hall–Kier alpha value is -2.93. The van der Waals surface area contributed by atoms with Crippen molar-refractivity contribution in [3.8, 4) is 5.88 Å². The van der Waals surface area contributed by atoms with E-state index in [1.165, 1.54) is 24.4 Å². The van der Waals surface area contributed by atoms with Crippen molar-refractivity contribution in [3.63, 3.8) is 0 Å². The van der Waals surface area contributed by atoms with Gasteiger partial charge in [0.25, 0.3) is 0 Å². The summed E-state index contributed by atoms with van der Waals surface area (Å²) in [4.78, 5) is 6.87. The fraction of sp³-hybridized carbons (Fsp3) is 0.167. The van der Waals surface area contributed by atoms with Gasteiger partial charge in [-0.05, 0) is 30.3 Å². The van der Waals surface area contributed by atoms with Gasteiger partial charge in [-0.2, -0.15) is 0 Å². The molecule has 0 amide bonds. The summed E-state index contributed by atoms with van der Waals surface area (Å²) < 4.78 is 32.2. The van der Waals surface area contributed by atoms with E-state index in [2.05, 4.69) is 15.3 Å². The first-order chi connectivity index (χ1) is 12.1. The van der Waals surface area contributed by atoms with Crippen molar-refractivity contribution < 1.29 is 18.6 Å². The average Bonchev–Trinajstić information content (AvgIpc) is 2.89. The van der Waals surface area contributed by atoms with Gasteiger partial charge in [-0.25, -0.2) is 8.78 Å². The Morgan fingerprint density at radius 1 is 1.24 bits per heavy atom. The number of hydrogen-bond donors (Lipinski definition) is 3. The lowest BCUT2D eigenvalue weighted by molar-refractivity contribution is 0.210. The van der Waals surface area contributed by atoms with Gasteiger partial charge in [-0.1, -0.05) is 0 Å². The molecule has 0 aliphatic rings. The Balaban J connectivity index is 1.82. The Morgan fingerprint density at radius 3 is 2.84 bits per heavy atom. The summed E-state index contributed by atoms with van der Waals surface area (Å²) in [5.41, 5.74) is 1.63. The topological polar surface area (TPSA) is 69.6 Å². The number of aromatic amines is 1. The summed E-state index contributed by atoms with van der Waals surface area (Å²) in [6.45, 7) is 0.968.